The first kappa shape index (κ1) is 14.9. The molecule has 110 valence electrons. The molecule has 1 aliphatic heterocycles. The molecule has 20 heavy (non-hydrogen) atoms. The van der Waals surface area contributed by atoms with E-state index < -0.39 is 0 Å². The Kier molecular flexibility index (Phi) is 5.09. The second-order valence-electron chi connectivity index (χ2n) is 4.99. The van der Waals surface area contributed by atoms with Gasteiger partial charge in [-0.05, 0) is 31.5 Å². The lowest BCUT2D eigenvalue weighted by atomic mass is 10.1. The van der Waals surface area contributed by atoms with Crippen molar-refractivity contribution in [2.45, 2.75) is 32.5 Å². The van der Waals surface area contributed by atoms with Crippen molar-refractivity contribution >= 4 is 5.91 Å². The highest BCUT2D eigenvalue weighted by atomic mass is 19.1. The van der Waals surface area contributed by atoms with Crippen LogP contribution in [0.3, 0.4) is 0 Å². The normalized spacial score (nSPS) is 22.6. The van der Waals surface area contributed by atoms with E-state index in [9.17, 15) is 9.18 Å². The number of carbonyl (C=O) groups is 1. The predicted molar refractivity (Wildman–Crippen MR) is 74.7 cm³/mol. The SMILES string of the molecule is CCN(Cc1cccc(F)c1)C(=O)[C@H]1NCCO[C@@H]1C. The fourth-order valence-corrected chi connectivity index (χ4v) is 2.41. The molecule has 0 aliphatic carbocycles. The third-order valence-corrected chi connectivity index (χ3v) is 3.54. The van der Waals surface area contributed by atoms with Crippen molar-refractivity contribution in [3.63, 3.8) is 0 Å². The maximum atomic E-state index is 13.2. The molecule has 1 heterocycles. The van der Waals surface area contributed by atoms with Gasteiger partial charge in [0.1, 0.15) is 11.9 Å². The summed E-state index contributed by atoms with van der Waals surface area (Å²) in [6.07, 6.45) is -0.141. The number of rotatable bonds is 4. The van der Waals surface area contributed by atoms with Crippen LogP contribution in [-0.4, -0.2) is 42.6 Å². The molecule has 2 atom stereocenters. The number of carbonyl (C=O) groups excluding carboxylic acids is 1. The average Bonchev–Trinajstić information content (AvgIpc) is 2.44. The van der Waals surface area contributed by atoms with Gasteiger partial charge in [0.25, 0.3) is 0 Å². The highest BCUT2D eigenvalue weighted by molar-refractivity contribution is 5.82. The fourth-order valence-electron chi connectivity index (χ4n) is 2.41. The Morgan fingerprint density at radius 2 is 2.35 bits per heavy atom. The predicted octanol–water partition coefficient (Wildman–Crippen LogP) is 1.55. The number of nitrogens with zero attached hydrogens (tertiary/aromatic N) is 1. The van der Waals surface area contributed by atoms with Gasteiger partial charge in [-0.15, -0.1) is 0 Å². The molecule has 0 bridgehead atoms. The molecule has 1 aromatic rings. The lowest BCUT2D eigenvalue weighted by Crippen LogP contribution is -2.56. The van der Waals surface area contributed by atoms with E-state index in [1.807, 2.05) is 19.9 Å². The summed E-state index contributed by atoms with van der Waals surface area (Å²) in [5.41, 5.74) is 0.796. The lowest BCUT2D eigenvalue weighted by Gasteiger charge is -2.33. The van der Waals surface area contributed by atoms with E-state index in [2.05, 4.69) is 5.32 Å². The number of ether oxygens (including phenoxy) is 1. The summed E-state index contributed by atoms with van der Waals surface area (Å²) >= 11 is 0. The van der Waals surface area contributed by atoms with E-state index in [1.165, 1.54) is 12.1 Å². The Morgan fingerprint density at radius 1 is 1.55 bits per heavy atom. The van der Waals surface area contributed by atoms with Crippen LogP contribution in [0, 0.1) is 5.82 Å². The molecular formula is C15H21FN2O2. The molecule has 0 radical (unpaired) electrons. The Labute approximate surface area is 118 Å². The average molecular weight is 280 g/mol. The van der Waals surface area contributed by atoms with E-state index in [1.54, 1.807) is 11.0 Å². The van der Waals surface area contributed by atoms with Crippen LogP contribution in [0.4, 0.5) is 4.39 Å². The van der Waals surface area contributed by atoms with Gasteiger partial charge in [0.15, 0.2) is 0 Å². The molecule has 1 N–H and O–H groups in total. The zero-order valence-electron chi connectivity index (χ0n) is 11.9. The summed E-state index contributed by atoms with van der Waals surface area (Å²) in [6, 6.07) is 6.03. The Hall–Kier alpha value is -1.46. The zero-order valence-corrected chi connectivity index (χ0v) is 11.9. The van der Waals surface area contributed by atoms with E-state index in [0.29, 0.717) is 26.2 Å². The van der Waals surface area contributed by atoms with Crippen LogP contribution in [0.1, 0.15) is 19.4 Å². The highest BCUT2D eigenvalue weighted by Crippen LogP contribution is 2.12. The van der Waals surface area contributed by atoms with E-state index in [0.717, 1.165) is 5.56 Å². The Balaban J connectivity index is 2.05. The molecule has 4 nitrogen and oxygen atoms in total. The minimum atomic E-state index is -0.322. The maximum Gasteiger partial charge on any atom is 0.242 e. The first-order valence-electron chi connectivity index (χ1n) is 7.00. The summed E-state index contributed by atoms with van der Waals surface area (Å²) in [7, 11) is 0. The summed E-state index contributed by atoms with van der Waals surface area (Å²) in [4.78, 5) is 14.2. The van der Waals surface area contributed by atoms with Gasteiger partial charge in [-0.2, -0.15) is 0 Å². The molecule has 1 amide bonds. The van der Waals surface area contributed by atoms with Gasteiger partial charge in [0.05, 0.1) is 12.7 Å². The van der Waals surface area contributed by atoms with Crippen molar-refractivity contribution in [3.05, 3.63) is 35.6 Å². The van der Waals surface area contributed by atoms with Gasteiger partial charge in [-0.3, -0.25) is 4.79 Å². The zero-order chi connectivity index (χ0) is 14.5. The van der Waals surface area contributed by atoms with Gasteiger partial charge in [0.2, 0.25) is 5.91 Å². The molecule has 1 fully saturated rings. The summed E-state index contributed by atoms with van der Waals surface area (Å²) < 4.78 is 18.7. The third kappa shape index (κ3) is 3.55. The number of amides is 1. The summed E-state index contributed by atoms with van der Waals surface area (Å²) in [5.74, 6) is -0.276. The van der Waals surface area contributed by atoms with Crippen LogP contribution in [0.2, 0.25) is 0 Å². The van der Waals surface area contributed by atoms with Crippen LogP contribution >= 0.6 is 0 Å². The minimum Gasteiger partial charge on any atom is -0.375 e. The van der Waals surface area contributed by atoms with Crippen molar-refractivity contribution in [2.24, 2.45) is 0 Å². The molecule has 1 saturated heterocycles. The number of nitrogens with one attached hydrogen (secondary N) is 1. The van der Waals surface area contributed by atoms with Crippen molar-refractivity contribution in [2.75, 3.05) is 19.7 Å². The van der Waals surface area contributed by atoms with Gasteiger partial charge < -0.3 is 15.0 Å². The number of likely N-dealkylation sites (N-methyl/N-ethyl adjacent to an activating group) is 1. The smallest absolute Gasteiger partial charge is 0.242 e. The molecule has 0 saturated carbocycles. The quantitative estimate of drug-likeness (QED) is 0.910. The van der Waals surface area contributed by atoms with Gasteiger partial charge in [-0.25, -0.2) is 4.39 Å². The van der Waals surface area contributed by atoms with Crippen LogP contribution < -0.4 is 5.32 Å². The van der Waals surface area contributed by atoms with Crippen LogP contribution in [-0.2, 0) is 16.1 Å². The van der Waals surface area contributed by atoms with Crippen molar-refractivity contribution in [1.29, 1.82) is 0 Å². The van der Waals surface area contributed by atoms with E-state index in [-0.39, 0.29) is 23.9 Å². The third-order valence-electron chi connectivity index (χ3n) is 3.54. The summed E-state index contributed by atoms with van der Waals surface area (Å²) in [5, 5.41) is 3.19. The fraction of sp³-hybridized carbons (Fsp3) is 0.533. The first-order valence-corrected chi connectivity index (χ1v) is 7.00. The monoisotopic (exact) mass is 280 g/mol. The second kappa shape index (κ2) is 6.81. The number of benzene rings is 1. The lowest BCUT2D eigenvalue weighted by molar-refractivity contribution is -0.139. The molecule has 0 spiro atoms. The van der Waals surface area contributed by atoms with Gasteiger partial charge in [0, 0.05) is 19.6 Å². The standard InChI is InChI=1S/C15H21FN2O2/c1-3-18(10-12-5-4-6-13(16)9-12)15(19)14-11(2)20-8-7-17-14/h4-6,9,11,14,17H,3,7-8,10H2,1-2H3/t11-,14+/m1/s1. The van der Waals surface area contributed by atoms with Gasteiger partial charge >= 0.3 is 0 Å². The largest absolute Gasteiger partial charge is 0.375 e. The Bertz CT molecular complexity index is 467. The van der Waals surface area contributed by atoms with Crippen LogP contribution in [0.25, 0.3) is 0 Å². The Morgan fingerprint density at radius 3 is 3.00 bits per heavy atom. The van der Waals surface area contributed by atoms with Crippen molar-refractivity contribution < 1.29 is 13.9 Å². The number of hydrogen-bond donors (Lipinski definition) is 1. The minimum absolute atomic E-state index is 0.00367. The topological polar surface area (TPSA) is 41.6 Å². The first-order chi connectivity index (χ1) is 9.61. The molecular weight excluding hydrogens is 259 g/mol. The molecule has 1 aliphatic rings. The maximum absolute atomic E-state index is 13.2. The second-order valence-corrected chi connectivity index (χ2v) is 4.99. The molecule has 0 aromatic heterocycles. The number of morpholine rings is 1. The molecule has 5 heteroatoms. The van der Waals surface area contributed by atoms with Crippen molar-refractivity contribution in [3.8, 4) is 0 Å². The highest BCUT2D eigenvalue weighted by Gasteiger charge is 2.31. The molecule has 0 unspecified atom stereocenters. The van der Waals surface area contributed by atoms with Gasteiger partial charge in [-0.1, -0.05) is 12.1 Å². The van der Waals surface area contributed by atoms with Crippen molar-refractivity contribution in [1.82, 2.24) is 10.2 Å². The molecule has 2 rings (SSSR count). The number of hydrogen-bond acceptors (Lipinski definition) is 3. The van der Waals surface area contributed by atoms with E-state index >= 15 is 0 Å². The number of halogens is 1. The molecule has 1 aromatic carbocycles. The summed E-state index contributed by atoms with van der Waals surface area (Å²) in [6.45, 7) is 6.12. The van der Waals surface area contributed by atoms with Crippen LogP contribution in [0.15, 0.2) is 24.3 Å². The van der Waals surface area contributed by atoms with E-state index in [4.69, 9.17) is 4.74 Å². The van der Waals surface area contributed by atoms with Crippen LogP contribution in [0.5, 0.6) is 0 Å².